The minimum absolute atomic E-state index is 0.268. The monoisotopic (exact) mass is 315 g/mol. The molecule has 0 saturated carbocycles. The molecule has 0 bridgehead atoms. The fourth-order valence-electron chi connectivity index (χ4n) is 2.59. The van der Waals surface area contributed by atoms with Crippen LogP contribution in [-0.2, 0) is 10.0 Å². The van der Waals surface area contributed by atoms with Crippen molar-refractivity contribution in [1.29, 1.82) is 0 Å². The molecule has 0 aromatic heterocycles. The fraction of sp³-hybridized carbons (Fsp3) is 0.571. The first-order chi connectivity index (χ1) is 9.79. The third-order valence-electron chi connectivity index (χ3n) is 3.70. The molecule has 7 heteroatoms. The highest BCUT2D eigenvalue weighted by molar-refractivity contribution is 7.89. The molecule has 1 fully saturated rings. The average molecular weight is 315 g/mol. The van der Waals surface area contributed by atoms with Gasteiger partial charge in [-0.3, -0.25) is 0 Å². The third-order valence-corrected chi connectivity index (χ3v) is 5.30. The second-order valence-electron chi connectivity index (χ2n) is 5.67. The van der Waals surface area contributed by atoms with Gasteiger partial charge in [0.2, 0.25) is 10.0 Å². The van der Waals surface area contributed by atoms with Crippen LogP contribution in [0.25, 0.3) is 0 Å². The molecule has 5 nitrogen and oxygen atoms in total. The lowest BCUT2D eigenvalue weighted by molar-refractivity contribution is 0.312. The summed E-state index contributed by atoms with van der Waals surface area (Å²) in [5.74, 6) is -0.775. The summed E-state index contributed by atoms with van der Waals surface area (Å²) in [6.45, 7) is 6.02. The minimum Gasteiger partial charge on any atom is -0.398 e. The molecule has 0 aliphatic carbocycles. The first kappa shape index (κ1) is 16.2. The first-order valence-electron chi connectivity index (χ1n) is 7.10. The van der Waals surface area contributed by atoms with E-state index in [9.17, 15) is 12.8 Å². The normalized spacial score (nSPS) is 18.0. The second kappa shape index (κ2) is 6.29. The molecule has 1 aromatic carbocycles. The Kier molecular flexibility index (Phi) is 4.85. The van der Waals surface area contributed by atoms with Crippen molar-refractivity contribution in [3.8, 4) is 0 Å². The van der Waals surface area contributed by atoms with Crippen molar-refractivity contribution >= 4 is 15.7 Å². The maximum Gasteiger partial charge on any atom is 0.243 e. The maximum absolute atomic E-state index is 13.9. The highest BCUT2D eigenvalue weighted by Crippen LogP contribution is 2.21. The van der Waals surface area contributed by atoms with Gasteiger partial charge in [0, 0.05) is 18.3 Å². The SMILES string of the molecule is Cc1cc(F)c(S(=O)(=O)NC(C)CN2CCCC2)cc1N. The summed E-state index contributed by atoms with van der Waals surface area (Å²) in [4.78, 5) is 1.81. The van der Waals surface area contributed by atoms with Crippen molar-refractivity contribution in [2.24, 2.45) is 0 Å². The summed E-state index contributed by atoms with van der Waals surface area (Å²) >= 11 is 0. The predicted octanol–water partition coefficient (Wildman–Crippen LogP) is 1.48. The molecular formula is C14H22FN3O2S. The quantitative estimate of drug-likeness (QED) is 0.807. The summed E-state index contributed by atoms with van der Waals surface area (Å²) in [5, 5.41) is 0. The lowest BCUT2D eigenvalue weighted by Gasteiger charge is -2.21. The van der Waals surface area contributed by atoms with Gasteiger partial charge in [-0.2, -0.15) is 0 Å². The number of sulfonamides is 1. The summed E-state index contributed by atoms with van der Waals surface area (Å²) < 4.78 is 41.0. The molecule has 21 heavy (non-hydrogen) atoms. The molecule has 1 unspecified atom stereocenters. The molecular weight excluding hydrogens is 293 g/mol. The van der Waals surface area contributed by atoms with Crippen LogP contribution in [0.15, 0.2) is 17.0 Å². The van der Waals surface area contributed by atoms with Gasteiger partial charge in [-0.25, -0.2) is 17.5 Å². The van der Waals surface area contributed by atoms with Crippen LogP contribution in [0.3, 0.4) is 0 Å². The van der Waals surface area contributed by atoms with Gasteiger partial charge in [-0.1, -0.05) is 0 Å². The van der Waals surface area contributed by atoms with Crippen LogP contribution in [0, 0.1) is 12.7 Å². The smallest absolute Gasteiger partial charge is 0.243 e. The van der Waals surface area contributed by atoms with Crippen LogP contribution in [0.2, 0.25) is 0 Å². The highest BCUT2D eigenvalue weighted by atomic mass is 32.2. The number of aryl methyl sites for hydroxylation is 1. The van der Waals surface area contributed by atoms with Gasteiger partial charge in [-0.05, 0) is 57.5 Å². The number of hydrogen-bond donors (Lipinski definition) is 2. The van der Waals surface area contributed by atoms with Crippen LogP contribution in [-0.4, -0.2) is 39.0 Å². The van der Waals surface area contributed by atoms with Gasteiger partial charge in [0.15, 0.2) is 0 Å². The van der Waals surface area contributed by atoms with Crippen molar-refractivity contribution in [2.45, 2.75) is 37.6 Å². The Morgan fingerprint density at radius 2 is 2.00 bits per heavy atom. The first-order valence-corrected chi connectivity index (χ1v) is 8.58. The molecule has 118 valence electrons. The standard InChI is InChI=1S/C14H22FN3O2S/c1-10-7-12(15)14(8-13(10)16)21(19,20)17-11(2)9-18-5-3-4-6-18/h7-8,11,17H,3-6,9,16H2,1-2H3. The lowest BCUT2D eigenvalue weighted by atomic mass is 10.2. The lowest BCUT2D eigenvalue weighted by Crippen LogP contribution is -2.41. The number of nitrogen functional groups attached to an aromatic ring is 1. The van der Waals surface area contributed by atoms with Crippen molar-refractivity contribution in [2.75, 3.05) is 25.4 Å². The van der Waals surface area contributed by atoms with Gasteiger partial charge < -0.3 is 10.6 Å². The molecule has 0 amide bonds. The van der Waals surface area contributed by atoms with Crippen molar-refractivity contribution in [3.63, 3.8) is 0 Å². The van der Waals surface area contributed by atoms with Gasteiger partial charge in [0.05, 0.1) is 0 Å². The average Bonchev–Trinajstić information content (AvgIpc) is 2.85. The number of nitrogens with zero attached hydrogens (tertiary/aromatic N) is 1. The van der Waals surface area contributed by atoms with E-state index in [1.165, 1.54) is 6.07 Å². The highest BCUT2D eigenvalue weighted by Gasteiger charge is 2.24. The van der Waals surface area contributed by atoms with E-state index in [1.54, 1.807) is 13.8 Å². The van der Waals surface area contributed by atoms with Crippen LogP contribution in [0.4, 0.5) is 10.1 Å². The zero-order chi connectivity index (χ0) is 15.6. The van der Waals surface area contributed by atoms with E-state index >= 15 is 0 Å². The minimum atomic E-state index is -3.90. The molecule has 0 radical (unpaired) electrons. The topological polar surface area (TPSA) is 75.4 Å². The number of anilines is 1. The summed E-state index contributed by atoms with van der Waals surface area (Å²) in [5.41, 5.74) is 6.47. The van der Waals surface area contributed by atoms with E-state index in [0.29, 0.717) is 12.1 Å². The number of benzene rings is 1. The summed E-state index contributed by atoms with van der Waals surface area (Å²) in [7, 11) is -3.90. The van der Waals surface area contributed by atoms with Gasteiger partial charge in [0.1, 0.15) is 10.7 Å². The number of likely N-dealkylation sites (tertiary alicyclic amines) is 1. The molecule has 1 atom stereocenters. The number of halogens is 1. The zero-order valence-electron chi connectivity index (χ0n) is 12.4. The Bertz CT molecular complexity index is 613. The largest absolute Gasteiger partial charge is 0.398 e. The molecule has 3 N–H and O–H groups in total. The van der Waals surface area contributed by atoms with Crippen molar-refractivity contribution in [1.82, 2.24) is 9.62 Å². The second-order valence-corrected chi connectivity index (χ2v) is 7.35. The Labute approximate surface area is 125 Å². The Morgan fingerprint density at radius 3 is 2.62 bits per heavy atom. The van der Waals surface area contributed by atoms with Crippen LogP contribution >= 0.6 is 0 Å². The number of nitrogens with two attached hydrogens (primary N) is 1. The van der Waals surface area contributed by atoms with Gasteiger partial charge in [-0.15, -0.1) is 0 Å². The van der Waals surface area contributed by atoms with Crippen molar-refractivity contribution in [3.05, 3.63) is 23.5 Å². The molecule has 1 heterocycles. The molecule has 1 aliphatic heterocycles. The van der Waals surface area contributed by atoms with E-state index in [4.69, 9.17) is 5.73 Å². The van der Waals surface area contributed by atoms with Crippen LogP contribution in [0.5, 0.6) is 0 Å². The van der Waals surface area contributed by atoms with Gasteiger partial charge in [0.25, 0.3) is 0 Å². The zero-order valence-corrected chi connectivity index (χ0v) is 13.2. The molecule has 1 saturated heterocycles. The molecule has 1 aromatic rings. The van der Waals surface area contributed by atoms with Crippen LogP contribution in [0.1, 0.15) is 25.3 Å². The molecule has 2 rings (SSSR count). The Balaban J connectivity index is 2.12. The Morgan fingerprint density at radius 1 is 1.38 bits per heavy atom. The molecule has 0 spiro atoms. The van der Waals surface area contributed by atoms with E-state index in [-0.39, 0.29) is 16.6 Å². The van der Waals surface area contributed by atoms with E-state index in [2.05, 4.69) is 9.62 Å². The van der Waals surface area contributed by atoms with Gasteiger partial charge >= 0.3 is 0 Å². The molecule has 1 aliphatic rings. The van der Waals surface area contributed by atoms with Crippen molar-refractivity contribution < 1.29 is 12.8 Å². The van der Waals surface area contributed by atoms with E-state index in [0.717, 1.165) is 32.0 Å². The van der Waals surface area contributed by atoms with Crippen LogP contribution < -0.4 is 10.5 Å². The maximum atomic E-state index is 13.9. The summed E-state index contributed by atoms with van der Waals surface area (Å²) in [6, 6.07) is 2.04. The van der Waals surface area contributed by atoms with E-state index < -0.39 is 15.8 Å². The fourth-order valence-corrected chi connectivity index (χ4v) is 3.92. The third kappa shape index (κ3) is 3.93. The Hall–Kier alpha value is -1.18. The number of rotatable bonds is 5. The number of nitrogens with one attached hydrogen (secondary N) is 1. The summed E-state index contributed by atoms with van der Waals surface area (Å²) in [6.07, 6.45) is 2.28. The van der Waals surface area contributed by atoms with E-state index in [1.807, 2.05) is 0 Å². The predicted molar refractivity (Wildman–Crippen MR) is 81.0 cm³/mol. The number of hydrogen-bond acceptors (Lipinski definition) is 4.